The van der Waals surface area contributed by atoms with Crippen LogP contribution in [0, 0.1) is 11.3 Å². The maximum atomic E-state index is 12.3. The van der Waals surface area contributed by atoms with Crippen molar-refractivity contribution in [3.8, 4) is 0 Å². The Bertz CT molecular complexity index is 545. The van der Waals surface area contributed by atoms with E-state index in [-0.39, 0.29) is 22.3 Å². The third-order valence-electron chi connectivity index (χ3n) is 3.75. The highest BCUT2D eigenvalue weighted by molar-refractivity contribution is 7.89. The maximum Gasteiger partial charge on any atom is 0.240 e. The Morgan fingerprint density at radius 2 is 1.85 bits per heavy atom. The molecular weight excluding hydrogens is 272 g/mol. The summed E-state index contributed by atoms with van der Waals surface area (Å²) in [5.74, 6) is 0.244. The zero-order valence-electron chi connectivity index (χ0n) is 13.0. The minimum Gasteiger partial charge on any atom is -0.324 e. The SMILES string of the molecule is CC(N)c1cccc(S(=O)(=O)NCC(C)C(C)(C)C)c1. The summed E-state index contributed by atoms with van der Waals surface area (Å²) >= 11 is 0. The molecule has 0 spiro atoms. The first-order chi connectivity index (χ1) is 9.04. The summed E-state index contributed by atoms with van der Waals surface area (Å²) in [5, 5.41) is 0. The molecule has 4 nitrogen and oxygen atoms in total. The molecule has 2 atom stereocenters. The van der Waals surface area contributed by atoms with Crippen molar-refractivity contribution in [2.45, 2.75) is 45.6 Å². The van der Waals surface area contributed by atoms with Crippen LogP contribution in [0.2, 0.25) is 0 Å². The van der Waals surface area contributed by atoms with Gasteiger partial charge >= 0.3 is 0 Å². The van der Waals surface area contributed by atoms with Gasteiger partial charge in [-0.2, -0.15) is 0 Å². The van der Waals surface area contributed by atoms with E-state index in [1.807, 2.05) is 19.9 Å². The zero-order chi connectivity index (χ0) is 15.6. The second kappa shape index (κ2) is 6.24. The number of hydrogen-bond acceptors (Lipinski definition) is 3. The van der Waals surface area contributed by atoms with Crippen LogP contribution in [0.1, 0.15) is 46.2 Å². The standard InChI is InChI=1S/C15H26N2O2S/c1-11(15(3,4)5)10-17-20(18,19)14-8-6-7-13(9-14)12(2)16/h6-9,11-12,17H,10,16H2,1-5H3. The van der Waals surface area contributed by atoms with Crippen molar-refractivity contribution < 1.29 is 8.42 Å². The molecule has 0 radical (unpaired) electrons. The molecule has 0 bridgehead atoms. The second-order valence-electron chi connectivity index (χ2n) is 6.48. The Kier molecular flexibility index (Phi) is 5.35. The van der Waals surface area contributed by atoms with Gasteiger partial charge in [-0.3, -0.25) is 0 Å². The molecular formula is C15H26N2O2S. The van der Waals surface area contributed by atoms with Crippen molar-refractivity contribution in [3.63, 3.8) is 0 Å². The van der Waals surface area contributed by atoms with Gasteiger partial charge in [0.2, 0.25) is 10.0 Å². The Morgan fingerprint density at radius 1 is 1.25 bits per heavy atom. The van der Waals surface area contributed by atoms with Gasteiger partial charge in [0.1, 0.15) is 0 Å². The normalized spacial score (nSPS) is 15.9. The lowest BCUT2D eigenvalue weighted by Crippen LogP contribution is -2.33. The lowest BCUT2D eigenvalue weighted by Gasteiger charge is -2.27. The van der Waals surface area contributed by atoms with Gasteiger partial charge in [-0.05, 0) is 36.0 Å². The van der Waals surface area contributed by atoms with Crippen LogP contribution in [0.4, 0.5) is 0 Å². The lowest BCUT2D eigenvalue weighted by molar-refractivity contribution is 0.263. The Morgan fingerprint density at radius 3 is 2.35 bits per heavy atom. The molecule has 20 heavy (non-hydrogen) atoms. The van der Waals surface area contributed by atoms with E-state index in [9.17, 15) is 8.42 Å². The molecule has 2 unspecified atom stereocenters. The average molecular weight is 298 g/mol. The lowest BCUT2D eigenvalue weighted by atomic mass is 9.82. The van der Waals surface area contributed by atoms with Gasteiger partial charge in [0.25, 0.3) is 0 Å². The topological polar surface area (TPSA) is 72.2 Å². The number of rotatable bonds is 5. The number of hydrogen-bond donors (Lipinski definition) is 2. The van der Waals surface area contributed by atoms with Crippen molar-refractivity contribution in [2.24, 2.45) is 17.1 Å². The Balaban J connectivity index is 2.87. The molecule has 0 heterocycles. The summed E-state index contributed by atoms with van der Waals surface area (Å²) in [6.45, 7) is 10.6. The molecule has 0 aliphatic rings. The molecule has 0 aliphatic heterocycles. The summed E-state index contributed by atoms with van der Waals surface area (Å²) in [6, 6.07) is 6.60. The summed E-state index contributed by atoms with van der Waals surface area (Å²) in [7, 11) is -3.48. The van der Waals surface area contributed by atoms with Gasteiger partial charge < -0.3 is 5.73 Å². The summed E-state index contributed by atoms with van der Waals surface area (Å²) in [5.41, 5.74) is 6.67. The van der Waals surface area contributed by atoms with E-state index in [0.29, 0.717) is 6.54 Å². The number of nitrogens with two attached hydrogens (primary N) is 1. The Hall–Kier alpha value is -0.910. The van der Waals surface area contributed by atoms with E-state index < -0.39 is 10.0 Å². The van der Waals surface area contributed by atoms with Crippen LogP contribution in [-0.4, -0.2) is 15.0 Å². The smallest absolute Gasteiger partial charge is 0.240 e. The van der Waals surface area contributed by atoms with Crippen LogP contribution < -0.4 is 10.5 Å². The molecule has 0 aromatic heterocycles. The van der Waals surface area contributed by atoms with Crippen molar-refractivity contribution in [3.05, 3.63) is 29.8 Å². The average Bonchev–Trinajstić information content (AvgIpc) is 2.35. The van der Waals surface area contributed by atoms with Crippen molar-refractivity contribution in [1.29, 1.82) is 0 Å². The molecule has 1 aromatic carbocycles. The highest BCUT2D eigenvalue weighted by atomic mass is 32.2. The third-order valence-corrected chi connectivity index (χ3v) is 5.17. The first-order valence-electron chi connectivity index (χ1n) is 6.89. The van der Waals surface area contributed by atoms with Gasteiger partial charge in [-0.25, -0.2) is 13.1 Å². The fourth-order valence-electron chi connectivity index (χ4n) is 1.59. The van der Waals surface area contributed by atoms with Gasteiger partial charge in [-0.1, -0.05) is 39.8 Å². The molecule has 5 heteroatoms. The molecule has 114 valence electrons. The van der Waals surface area contributed by atoms with Crippen LogP contribution in [0.3, 0.4) is 0 Å². The molecule has 0 fully saturated rings. The van der Waals surface area contributed by atoms with Crippen LogP contribution in [0.15, 0.2) is 29.2 Å². The first-order valence-corrected chi connectivity index (χ1v) is 8.37. The predicted molar refractivity (Wildman–Crippen MR) is 82.9 cm³/mol. The van der Waals surface area contributed by atoms with E-state index in [2.05, 4.69) is 25.5 Å². The monoisotopic (exact) mass is 298 g/mol. The van der Waals surface area contributed by atoms with Gasteiger partial charge in [0.05, 0.1) is 4.90 Å². The largest absolute Gasteiger partial charge is 0.324 e. The highest BCUT2D eigenvalue weighted by Gasteiger charge is 2.23. The van der Waals surface area contributed by atoms with E-state index in [0.717, 1.165) is 5.56 Å². The molecule has 1 rings (SSSR count). The second-order valence-corrected chi connectivity index (χ2v) is 8.25. The van der Waals surface area contributed by atoms with Gasteiger partial charge in [0.15, 0.2) is 0 Å². The predicted octanol–water partition coefficient (Wildman–Crippen LogP) is 2.67. The van der Waals surface area contributed by atoms with Crippen molar-refractivity contribution in [2.75, 3.05) is 6.54 Å². The Labute approximate surface area is 122 Å². The molecule has 0 aliphatic carbocycles. The van der Waals surface area contributed by atoms with Gasteiger partial charge in [-0.15, -0.1) is 0 Å². The van der Waals surface area contributed by atoms with Crippen molar-refractivity contribution >= 4 is 10.0 Å². The van der Waals surface area contributed by atoms with E-state index >= 15 is 0 Å². The minimum absolute atomic E-state index is 0.0656. The van der Waals surface area contributed by atoms with Crippen LogP contribution >= 0.6 is 0 Å². The number of nitrogens with one attached hydrogen (secondary N) is 1. The van der Waals surface area contributed by atoms with Crippen molar-refractivity contribution in [1.82, 2.24) is 4.72 Å². The molecule has 0 amide bonds. The molecule has 0 saturated heterocycles. The van der Waals surface area contributed by atoms with Crippen LogP contribution in [-0.2, 0) is 10.0 Å². The van der Waals surface area contributed by atoms with Crippen LogP contribution in [0.5, 0.6) is 0 Å². The fourth-order valence-corrected chi connectivity index (χ4v) is 2.77. The fraction of sp³-hybridized carbons (Fsp3) is 0.600. The zero-order valence-corrected chi connectivity index (χ0v) is 13.8. The third kappa shape index (κ3) is 4.58. The maximum absolute atomic E-state index is 12.3. The number of benzene rings is 1. The van der Waals surface area contributed by atoms with E-state index in [1.54, 1.807) is 18.2 Å². The quantitative estimate of drug-likeness (QED) is 0.878. The number of sulfonamides is 1. The molecule has 3 N–H and O–H groups in total. The summed E-state index contributed by atoms with van der Waals surface area (Å²) < 4.78 is 27.3. The van der Waals surface area contributed by atoms with Gasteiger partial charge in [0, 0.05) is 12.6 Å². The summed E-state index contributed by atoms with van der Waals surface area (Å²) in [4.78, 5) is 0.272. The molecule has 0 saturated carbocycles. The molecule has 1 aromatic rings. The summed E-state index contributed by atoms with van der Waals surface area (Å²) in [6.07, 6.45) is 0. The minimum atomic E-state index is -3.48. The van der Waals surface area contributed by atoms with E-state index in [4.69, 9.17) is 5.73 Å². The first kappa shape index (κ1) is 17.1. The van der Waals surface area contributed by atoms with E-state index in [1.165, 1.54) is 0 Å². The highest BCUT2D eigenvalue weighted by Crippen LogP contribution is 2.25. The van der Waals surface area contributed by atoms with Crippen LogP contribution in [0.25, 0.3) is 0 Å².